The highest BCUT2D eigenvalue weighted by molar-refractivity contribution is 5.46. The van der Waals surface area contributed by atoms with Gasteiger partial charge in [0, 0.05) is 13.6 Å². The Morgan fingerprint density at radius 1 is 0.947 bits per heavy atom. The second kappa shape index (κ2) is 14.9. The highest BCUT2D eigenvalue weighted by atomic mass is 16.6. The summed E-state index contributed by atoms with van der Waals surface area (Å²) in [4.78, 5) is 11.8. The molecule has 0 aliphatic rings. The summed E-state index contributed by atoms with van der Waals surface area (Å²) in [6.07, 6.45) is 5.78. The van der Waals surface area contributed by atoms with E-state index in [1.807, 2.05) is 0 Å². The Bertz CT molecular complexity index is 242. The molecule has 110 valence electrons. The molecule has 0 saturated carbocycles. The second-order valence-corrected chi connectivity index (χ2v) is 3.68. The number of nitrogens with zero attached hydrogens (tertiary/aromatic N) is 1. The van der Waals surface area contributed by atoms with Crippen LogP contribution < -0.4 is 0 Å². The molecule has 0 spiro atoms. The summed E-state index contributed by atoms with van der Waals surface area (Å²) >= 11 is 0. The molecule has 1 amide bonds. The van der Waals surface area contributed by atoms with Gasteiger partial charge >= 0.3 is 0 Å². The lowest BCUT2D eigenvalue weighted by Gasteiger charge is -2.10. The number of ether oxygens (including phenoxy) is 4. The third kappa shape index (κ3) is 14.8. The van der Waals surface area contributed by atoms with Crippen LogP contribution in [0.25, 0.3) is 0 Å². The molecule has 0 aromatic carbocycles. The molecule has 0 fully saturated rings. The zero-order valence-corrected chi connectivity index (χ0v) is 11.5. The van der Waals surface area contributed by atoms with Crippen LogP contribution in [0, 0.1) is 12.3 Å². The van der Waals surface area contributed by atoms with E-state index in [9.17, 15) is 4.79 Å². The van der Waals surface area contributed by atoms with Crippen LogP contribution >= 0.6 is 0 Å². The minimum atomic E-state index is 0.316. The van der Waals surface area contributed by atoms with Crippen molar-refractivity contribution in [2.75, 3.05) is 66.4 Å². The lowest BCUT2D eigenvalue weighted by Crippen LogP contribution is -2.22. The van der Waals surface area contributed by atoms with Crippen LogP contribution in [0.15, 0.2) is 0 Å². The molecule has 0 bridgehead atoms. The van der Waals surface area contributed by atoms with Gasteiger partial charge in [0.1, 0.15) is 6.61 Å². The van der Waals surface area contributed by atoms with Crippen LogP contribution in [0.3, 0.4) is 0 Å². The van der Waals surface area contributed by atoms with Crippen molar-refractivity contribution < 1.29 is 23.7 Å². The van der Waals surface area contributed by atoms with Crippen LogP contribution in [0.5, 0.6) is 0 Å². The number of terminal acetylenes is 1. The number of hydrogen-bond donors (Lipinski definition) is 0. The van der Waals surface area contributed by atoms with Gasteiger partial charge in [-0.25, -0.2) is 0 Å². The zero-order valence-electron chi connectivity index (χ0n) is 11.5. The fourth-order valence-electron chi connectivity index (χ4n) is 1.05. The minimum absolute atomic E-state index is 0.316. The molecule has 6 heteroatoms. The first kappa shape index (κ1) is 17.9. The normalized spacial score (nSPS) is 10.1. The fraction of sp³-hybridized carbons (Fsp3) is 0.769. The summed E-state index contributed by atoms with van der Waals surface area (Å²) in [5, 5.41) is 0. The van der Waals surface area contributed by atoms with E-state index in [4.69, 9.17) is 25.4 Å². The van der Waals surface area contributed by atoms with E-state index in [-0.39, 0.29) is 0 Å². The minimum Gasteiger partial charge on any atom is -0.377 e. The molecule has 0 unspecified atom stereocenters. The Balaban J connectivity index is 2.99. The van der Waals surface area contributed by atoms with Crippen LogP contribution in [0.2, 0.25) is 0 Å². The van der Waals surface area contributed by atoms with Gasteiger partial charge in [-0.1, -0.05) is 5.92 Å². The summed E-state index contributed by atoms with van der Waals surface area (Å²) in [5.41, 5.74) is 0. The molecule has 0 aromatic heterocycles. The van der Waals surface area contributed by atoms with Crippen molar-refractivity contribution >= 4 is 6.41 Å². The second-order valence-electron chi connectivity index (χ2n) is 3.68. The highest BCUT2D eigenvalue weighted by Crippen LogP contribution is 1.83. The zero-order chi connectivity index (χ0) is 14.2. The molecule has 0 aliphatic carbocycles. The number of amides is 1. The number of rotatable bonds is 14. The van der Waals surface area contributed by atoms with Gasteiger partial charge in [-0.3, -0.25) is 4.79 Å². The molecule has 0 aromatic rings. The standard InChI is InChI=1S/C13H23NO5/c1-3-5-16-7-9-18-11-12-19-10-8-17-6-4-14(2)13-15/h1,13H,4-12H2,2H3. The van der Waals surface area contributed by atoms with Gasteiger partial charge in [0.15, 0.2) is 0 Å². The molecule has 0 radical (unpaired) electrons. The molecule has 0 saturated heterocycles. The molecular formula is C13H23NO5. The van der Waals surface area contributed by atoms with E-state index < -0.39 is 0 Å². The van der Waals surface area contributed by atoms with Crippen molar-refractivity contribution in [2.45, 2.75) is 0 Å². The predicted molar refractivity (Wildman–Crippen MR) is 70.8 cm³/mol. The Morgan fingerprint density at radius 2 is 1.42 bits per heavy atom. The number of carbonyl (C=O) groups is 1. The van der Waals surface area contributed by atoms with Crippen molar-refractivity contribution in [3.05, 3.63) is 0 Å². The summed E-state index contributed by atoms with van der Waals surface area (Å²) in [6, 6.07) is 0. The molecular weight excluding hydrogens is 250 g/mol. The number of carbonyl (C=O) groups excluding carboxylic acids is 1. The largest absolute Gasteiger partial charge is 0.377 e. The quantitative estimate of drug-likeness (QED) is 0.249. The monoisotopic (exact) mass is 273 g/mol. The van der Waals surface area contributed by atoms with E-state index in [2.05, 4.69) is 5.92 Å². The molecule has 19 heavy (non-hydrogen) atoms. The van der Waals surface area contributed by atoms with Crippen molar-refractivity contribution in [3.63, 3.8) is 0 Å². The molecule has 0 heterocycles. The first-order chi connectivity index (χ1) is 9.31. The van der Waals surface area contributed by atoms with Crippen molar-refractivity contribution in [2.24, 2.45) is 0 Å². The van der Waals surface area contributed by atoms with Gasteiger partial charge in [-0.05, 0) is 0 Å². The smallest absolute Gasteiger partial charge is 0.209 e. The van der Waals surface area contributed by atoms with Crippen LogP contribution in [0.4, 0.5) is 0 Å². The van der Waals surface area contributed by atoms with Gasteiger partial charge in [0.25, 0.3) is 0 Å². The third-order valence-corrected chi connectivity index (χ3v) is 2.07. The summed E-state index contributed by atoms with van der Waals surface area (Å²) in [5.74, 6) is 2.38. The average molecular weight is 273 g/mol. The predicted octanol–water partition coefficient (Wildman–Crippen LogP) is -0.226. The van der Waals surface area contributed by atoms with E-state index in [1.165, 1.54) is 4.90 Å². The third-order valence-electron chi connectivity index (χ3n) is 2.07. The molecule has 0 atom stereocenters. The number of hydrogen-bond acceptors (Lipinski definition) is 5. The summed E-state index contributed by atoms with van der Waals surface area (Å²) in [7, 11) is 1.71. The lowest BCUT2D eigenvalue weighted by atomic mass is 10.6. The van der Waals surface area contributed by atoms with Gasteiger partial charge < -0.3 is 23.8 Å². The van der Waals surface area contributed by atoms with Crippen molar-refractivity contribution in [1.29, 1.82) is 0 Å². The molecule has 0 aliphatic heterocycles. The fourth-order valence-corrected chi connectivity index (χ4v) is 1.05. The van der Waals surface area contributed by atoms with Crippen LogP contribution in [0.1, 0.15) is 0 Å². The molecule has 0 N–H and O–H groups in total. The van der Waals surface area contributed by atoms with Gasteiger partial charge in [-0.15, -0.1) is 6.42 Å². The summed E-state index contributed by atoms with van der Waals surface area (Å²) < 4.78 is 20.8. The Kier molecular flexibility index (Phi) is 14.0. The summed E-state index contributed by atoms with van der Waals surface area (Å²) in [6.45, 7) is 4.50. The first-order valence-electron chi connectivity index (χ1n) is 6.21. The SMILES string of the molecule is C#CCOCCOCCOCCOCCN(C)C=O. The van der Waals surface area contributed by atoms with E-state index >= 15 is 0 Å². The Hall–Kier alpha value is -1.13. The maximum absolute atomic E-state index is 10.3. The van der Waals surface area contributed by atoms with Crippen LogP contribution in [-0.4, -0.2) is 77.8 Å². The highest BCUT2D eigenvalue weighted by Gasteiger charge is 1.94. The van der Waals surface area contributed by atoms with E-state index in [0.29, 0.717) is 59.4 Å². The maximum Gasteiger partial charge on any atom is 0.209 e. The topological polar surface area (TPSA) is 57.2 Å². The Morgan fingerprint density at radius 3 is 1.89 bits per heavy atom. The lowest BCUT2D eigenvalue weighted by molar-refractivity contribution is -0.117. The van der Waals surface area contributed by atoms with Crippen molar-refractivity contribution in [3.8, 4) is 12.3 Å². The van der Waals surface area contributed by atoms with Crippen molar-refractivity contribution in [1.82, 2.24) is 4.90 Å². The van der Waals surface area contributed by atoms with Gasteiger partial charge in [-0.2, -0.15) is 0 Å². The van der Waals surface area contributed by atoms with Gasteiger partial charge in [0.05, 0.1) is 46.2 Å². The van der Waals surface area contributed by atoms with E-state index in [0.717, 1.165) is 6.41 Å². The van der Waals surface area contributed by atoms with Gasteiger partial charge in [0.2, 0.25) is 6.41 Å². The first-order valence-corrected chi connectivity index (χ1v) is 6.21. The molecule has 0 rings (SSSR count). The van der Waals surface area contributed by atoms with E-state index in [1.54, 1.807) is 7.05 Å². The maximum atomic E-state index is 10.3. The Labute approximate surface area is 114 Å². The average Bonchev–Trinajstić information content (AvgIpc) is 2.43. The number of likely N-dealkylation sites (N-methyl/N-ethyl adjacent to an activating group) is 1. The molecule has 6 nitrogen and oxygen atoms in total. The van der Waals surface area contributed by atoms with Crippen LogP contribution in [-0.2, 0) is 23.7 Å².